The van der Waals surface area contributed by atoms with Crippen LogP contribution in [0.2, 0.25) is 5.02 Å². The van der Waals surface area contributed by atoms with Crippen molar-refractivity contribution in [2.75, 3.05) is 12.1 Å². The van der Waals surface area contributed by atoms with Crippen LogP contribution in [0.1, 0.15) is 12.5 Å². The van der Waals surface area contributed by atoms with Crippen LogP contribution in [0.4, 0.5) is 5.69 Å². The molecule has 1 heterocycles. The van der Waals surface area contributed by atoms with Crippen molar-refractivity contribution in [1.82, 2.24) is 0 Å². The summed E-state index contributed by atoms with van der Waals surface area (Å²) in [7, 11) is 1.60. The lowest BCUT2D eigenvalue weighted by atomic mass is 10.1. The molecule has 2 aromatic carbocycles. The molecule has 0 aromatic heterocycles. The van der Waals surface area contributed by atoms with Gasteiger partial charge in [0, 0.05) is 5.02 Å². The van der Waals surface area contributed by atoms with Crippen LogP contribution in [-0.2, 0) is 4.79 Å². The third-order valence-electron chi connectivity index (χ3n) is 3.56. The molecular weight excluding hydrogens is 312 g/mol. The lowest BCUT2D eigenvalue weighted by Crippen LogP contribution is -2.21. The van der Waals surface area contributed by atoms with Crippen LogP contribution in [0.15, 0.2) is 59.2 Å². The molecule has 0 bridgehead atoms. The van der Waals surface area contributed by atoms with E-state index >= 15 is 0 Å². The molecule has 0 saturated heterocycles. The summed E-state index contributed by atoms with van der Waals surface area (Å²) in [6.45, 7) is 1.82. The standard InChI is InChI=1S/C18H15ClN2O2/c1-12-17(11-13-3-5-14(19)6-4-13)18(22)21(20-12)15-7-9-16(23-2)10-8-15/h3-11H,1-2H3/b17-11+. The molecule has 0 unspecified atom stereocenters. The van der Waals surface area contributed by atoms with Gasteiger partial charge in [-0.15, -0.1) is 0 Å². The smallest absolute Gasteiger partial charge is 0.280 e. The van der Waals surface area contributed by atoms with E-state index in [1.807, 2.05) is 25.1 Å². The number of benzene rings is 2. The molecule has 4 nitrogen and oxygen atoms in total. The predicted octanol–water partition coefficient (Wildman–Crippen LogP) is 4.15. The average molecular weight is 327 g/mol. The molecule has 1 aliphatic rings. The Morgan fingerprint density at radius 1 is 1.09 bits per heavy atom. The predicted molar refractivity (Wildman–Crippen MR) is 93.0 cm³/mol. The van der Waals surface area contributed by atoms with E-state index < -0.39 is 0 Å². The largest absolute Gasteiger partial charge is 0.497 e. The zero-order valence-corrected chi connectivity index (χ0v) is 13.5. The first-order valence-corrected chi connectivity index (χ1v) is 7.47. The molecule has 1 amide bonds. The first-order chi connectivity index (χ1) is 11.1. The maximum atomic E-state index is 12.6. The van der Waals surface area contributed by atoms with Crippen LogP contribution in [0, 0.1) is 0 Å². The van der Waals surface area contributed by atoms with E-state index in [1.165, 1.54) is 5.01 Å². The van der Waals surface area contributed by atoms with Crippen LogP contribution < -0.4 is 9.75 Å². The third kappa shape index (κ3) is 3.12. The molecule has 116 valence electrons. The number of amides is 1. The molecule has 0 radical (unpaired) electrons. The summed E-state index contributed by atoms with van der Waals surface area (Å²) in [5, 5.41) is 6.42. The molecule has 2 aromatic rings. The highest BCUT2D eigenvalue weighted by Gasteiger charge is 2.28. The second-order valence-corrected chi connectivity index (χ2v) is 5.55. The quantitative estimate of drug-likeness (QED) is 0.795. The van der Waals surface area contributed by atoms with Crippen LogP contribution in [0.3, 0.4) is 0 Å². The fraction of sp³-hybridized carbons (Fsp3) is 0.111. The molecular formula is C18H15ClN2O2. The summed E-state index contributed by atoms with van der Waals surface area (Å²) in [4.78, 5) is 12.6. The Morgan fingerprint density at radius 2 is 1.74 bits per heavy atom. The van der Waals surface area contributed by atoms with Crippen molar-refractivity contribution in [2.45, 2.75) is 6.92 Å². The van der Waals surface area contributed by atoms with Crippen molar-refractivity contribution >= 4 is 35.0 Å². The fourth-order valence-corrected chi connectivity index (χ4v) is 2.43. The van der Waals surface area contributed by atoms with Gasteiger partial charge in [0.15, 0.2) is 0 Å². The Morgan fingerprint density at radius 3 is 2.35 bits per heavy atom. The van der Waals surface area contributed by atoms with Gasteiger partial charge in [-0.2, -0.15) is 10.1 Å². The zero-order chi connectivity index (χ0) is 16.4. The van der Waals surface area contributed by atoms with Gasteiger partial charge in [-0.3, -0.25) is 4.79 Å². The SMILES string of the molecule is COc1ccc(N2N=C(C)/C(=C\c3ccc(Cl)cc3)C2=O)cc1. The first kappa shape index (κ1) is 15.3. The Bertz CT molecular complexity index is 793. The summed E-state index contributed by atoms with van der Waals surface area (Å²) < 4.78 is 5.13. The fourth-order valence-electron chi connectivity index (χ4n) is 2.31. The van der Waals surface area contributed by atoms with Gasteiger partial charge in [-0.1, -0.05) is 23.7 Å². The van der Waals surface area contributed by atoms with Gasteiger partial charge >= 0.3 is 0 Å². The highest BCUT2D eigenvalue weighted by molar-refractivity contribution is 6.32. The maximum Gasteiger partial charge on any atom is 0.280 e. The molecule has 0 N–H and O–H groups in total. The number of carbonyl (C=O) groups is 1. The minimum atomic E-state index is -0.150. The normalized spacial score (nSPS) is 16.0. The number of carbonyl (C=O) groups excluding carboxylic acids is 1. The van der Waals surface area contributed by atoms with Crippen LogP contribution in [0.25, 0.3) is 6.08 Å². The second kappa shape index (κ2) is 6.26. The van der Waals surface area contributed by atoms with Crippen molar-refractivity contribution in [1.29, 1.82) is 0 Å². The van der Waals surface area contributed by atoms with E-state index in [-0.39, 0.29) is 5.91 Å². The van der Waals surface area contributed by atoms with E-state index in [0.29, 0.717) is 22.0 Å². The third-order valence-corrected chi connectivity index (χ3v) is 3.81. The van der Waals surface area contributed by atoms with Crippen molar-refractivity contribution in [2.24, 2.45) is 5.10 Å². The molecule has 0 fully saturated rings. The highest BCUT2D eigenvalue weighted by atomic mass is 35.5. The van der Waals surface area contributed by atoms with Crippen molar-refractivity contribution in [3.05, 3.63) is 64.7 Å². The van der Waals surface area contributed by atoms with E-state index in [9.17, 15) is 4.79 Å². The second-order valence-electron chi connectivity index (χ2n) is 5.11. The number of rotatable bonds is 3. The van der Waals surface area contributed by atoms with Crippen LogP contribution in [-0.4, -0.2) is 18.7 Å². The zero-order valence-electron chi connectivity index (χ0n) is 12.8. The number of nitrogens with zero attached hydrogens (tertiary/aromatic N) is 2. The number of hydrazone groups is 1. The number of methoxy groups -OCH3 is 1. The van der Waals surface area contributed by atoms with Crippen LogP contribution in [0.5, 0.6) is 5.75 Å². The molecule has 0 spiro atoms. The first-order valence-electron chi connectivity index (χ1n) is 7.10. The van der Waals surface area contributed by atoms with Gasteiger partial charge in [-0.25, -0.2) is 0 Å². The van der Waals surface area contributed by atoms with Crippen molar-refractivity contribution in [3.63, 3.8) is 0 Å². The molecule has 0 atom stereocenters. The Labute approximate surface area is 139 Å². The number of ether oxygens (including phenoxy) is 1. The number of hydrogen-bond acceptors (Lipinski definition) is 3. The minimum absolute atomic E-state index is 0.150. The molecule has 23 heavy (non-hydrogen) atoms. The van der Waals surface area contributed by atoms with Gasteiger partial charge < -0.3 is 4.74 Å². The molecule has 5 heteroatoms. The van der Waals surface area contributed by atoms with E-state index in [4.69, 9.17) is 16.3 Å². The summed E-state index contributed by atoms with van der Waals surface area (Å²) >= 11 is 5.88. The van der Waals surface area contributed by atoms with E-state index in [1.54, 1.807) is 43.5 Å². The van der Waals surface area contributed by atoms with Gasteiger partial charge in [0.1, 0.15) is 5.75 Å². The van der Waals surface area contributed by atoms with Gasteiger partial charge in [0.05, 0.1) is 24.1 Å². The number of anilines is 1. The van der Waals surface area contributed by atoms with Gasteiger partial charge in [-0.05, 0) is 55.0 Å². The van der Waals surface area contributed by atoms with Crippen molar-refractivity contribution in [3.8, 4) is 5.75 Å². The summed E-state index contributed by atoms with van der Waals surface area (Å²) in [5.41, 5.74) is 2.86. The van der Waals surface area contributed by atoms with E-state index in [0.717, 1.165) is 11.3 Å². The Hall–Kier alpha value is -2.59. The maximum absolute atomic E-state index is 12.6. The summed E-state index contributed by atoms with van der Waals surface area (Å²) in [6.07, 6.45) is 1.82. The molecule has 1 aliphatic heterocycles. The van der Waals surface area contributed by atoms with E-state index in [2.05, 4.69) is 5.10 Å². The van der Waals surface area contributed by atoms with Gasteiger partial charge in [0.25, 0.3) is 5.91 Å². The summed E-state index contributed by atoms with van der Waals surface area (Å²) in [6, 6.07) is 14.5. The number of halogens is 1. The van der Waals surface area contributed by atoms with Crippen molar-refractivity contribution < 1.29 is 9.53 Å². The average Bonchev–Trinajstić information content (AvgIpc) is 2.85. The topological polar surface area (TPSA) is 41.9 Å². The lowest BCUT2D eigenvalue weighted by molar-refractivity contribution is -0.114. The monoisotopic (exact) mass is 326 g/mol. The minimum Gasteiger partial charge on any atom is -0.497 e. The van der Waals surface area contributed by atoms with Gasteiger partial charge in [0.2, 0.25) is 0 Å². The Balaban J connectivity index is 1.89. The molecule has 3 rings (SSSR count). The molecule has 0 aliphatic carbocycles. The summed E-state index contributed by atoms with van der Waals surface area (Å²) in [5.74, 6) is 0.584. The molecule has 0 saturated carbocycles. The number of hydrogen-bond donors (Lipinski definition) is 0. The van der Waals surface area contributed by atoms with Crippen LogP contribution >= 0.6 is 11.6 Å². The highest BCUT2D eigenvalue weighted by Crippen LogP contribution is 2.26. The lowest BCUT2D eigenvalue weighted by Gasteiger charge is -2.12. The Kier molecular flexibility index (Phi) is 4.17.